The molecule has 0 bridgehead atoms. The van der Waals surface area contributed by atoms with Gasteiger partial charge in [0, 0.05) is 50.5 Å². The van der Waals surface area contributed by atoms with Gasteiger partial charge in [0.2, 0.25) is 5.91 Å². The number of carbonyl (C=O) groups is 1. The van der Waals surface area contributed by atoms with Crippen molar-refractivity contribution in [3.8, 4) is 0 Å². The normalized spacial score (nSPS) is 21.4. The third kappa shape index (κ3) is 4.11. The van der Waals surface area contributed by atoms with Gasteiger partial charge in [0.25, 0.3) is 0 Å². The van der Waals surface area contributed by atoms with Gasteiger partial charge in [-0.3, -0.25) is 14.7 Å². The first-order chi connectivity index (χ1) is 12.8. The number of pyridine rings is 1. The van der Waals surface area contributed by atoms with E-state index >= 15 is 0 Å². The quantitative estimate of drug-likeness (QED) is 0.829. The zero-order valence-electron chi connectivity index (χ0n) is 15.0. The fourth-order valence-electron chi connectivity index (χ4n) is 3.70. The van der Waals surface area contributed by atoms with E-state index in [0.717, 1.165) is 38.4 Å². The molecule has 5 nitrogen and oxygen atoms in total. The van der Waals surface area contributed by atoms with E-state index in [-0.39, 0.29) is 12.0 Å². The average molecular weight is 351 g/mol. The van der Waals surface area contributed by atoms with Crippen LogP contribution in [0.5, 0.6) is 0 Å². The molecule has 0 spiro atoms. The van der Waals surface area contributed by atoms with Crippen LogP contribution in [0.15, 0.2) is 54.7 Å². The SMILES string of the molecule is O=C(C[C@H]1CN(Cc2ccccc2)CCO1)N1CC(c2ccccn2)C1. The molecule has 1 aromatic carbocycles. The summed E-state index contributed by atoms with van der Waals surface area (Å²) in [6.07, 6.45) is 2.28. The molecule has 2 fully saturated rings. The fraction of sp³-hybridized carbons (Fsp3) is 0.429. The van der Waals surface area contributed by atoms with Gasteiger partial charge in [0.1, 0.15) is 0 Å². The number of likely N-dealkylation sites (tertiary alicyclic amines) is 1. The first-order valence-electron chi connectivity index (χ1n) is 9.34. The van der Waals surface area contributed by atoms with E-state index in [0.29, 0.717) is 18.9 Å². The lowest BCUT2D eigenvalue weighted by molar-refractivity contribution is -0.140. The summed E-state index contributed by atoms with van der Waals surface area (Å²) in [4.78, 5) is 21.2. The van der Waals surface area contributed by atoms with Crippen molar-refractivity contribution in [2.45, 2.75) is 25.0 Å². The van der Waals surface area contributed by atoms with Crippen molar-refractivity contribution in [1.82, 2.24) is 14.8 Å². The molecule has 2 saturated heterocycles. The Bertz CT molecular complexity index is 717. The molecular weight excluding hydrogens is 326 g/mol. The van der Waals surface area contributed by atoms with Gasteiger partial charge in [0.05, 0.1) is 19.1 Å². The third-order valence-electron chi connectivity index (χ3n) is 5.21. The van der Waals surface area contributed by atoms with Crippen LogP contribution in [-0.4, -0.2) is 59.6 Å². The summed E-state index contributed by atoms with van der Waals surface area (Å²) in [5, 5.41) is 0. The van der Waals surface area contributed by atoms with Gasteiger partial charge < -0.3 is 9.64 Å². The van der Waals surface area contributed by atoms with Crippen molar-refractivity contribution >= 4 is 5.91 Å². The Hall–Kier alpha value is -2.24. The number of nitrogens with zero attached hydrogens (tertiary/aromatic N) is 3. The van der Waals surface area contributed by atoms with Crippen LogP contribution in [0.3, 0.4) is 0 Å². The maximum atomic E-state index is 12.5. The molecule has 5 heteroatoms. The van der Waals surface area contributed by atoms with Crippen LogP contribution in [0.2, 0.25) is 0 Å². The lowest BCUT2D eigenvalue weighted by Gasteiger charge is -2.40. The van der Waals surface area contributed by atoms with Gasteiger partial charge in [-0.05, 0) is 17.7 Å². The van der Waals surface area contributed by atoms with Crippen LogP contribution < -0.4 is 0 Å². The number of carbonyl (C=O) groups excluding carboxylic acids is 1. The van der Waals surface area contributed by atoms with E-state index < -0.39 is 0 Å². The first kappa shape index (κ1) is 17.2. The number of hydrogen-bond acceptors (Lipinski definition) is 4. The van der Waals surface area contributed by atoms with E-state index in [1.54, 1.807) is 0 Å². The van der Waals surface area contributed by atoms with Gasteiger partial charge in [-0.25, -0.2) is 0 Å². The zero-order chi connectivity index (χ0) is 17.8. The van der Waals surface area contributed by atoms with Crippen LogP contribution >= 0.6 is 0 Å². The van der Waals surface area contributed by atoms with Crippen LogP contribution in [-0.2, 0) is 16.1 Å². The molecule has 1 amide bonds. The van der Waals surface area contributed by atoms with Crippen molar-refractivity contribution in [3.63, 3.8) is 0 Å². The van der Waals surface area contributed by atoms with Gasteiger partial charge in [-0.2, -0.15) is 0 Å². The number of amides is 1. The Morgan fingerprint density at radius 2 is 1.88 bits per heavy atom. The molecule has 1 atom stereocenters. The predicted octanol–water partition coefficient (Wildman–Crippen LogP) is 2.30. The average Bonchev–Trinajstić information content (AvgIpc) is 2.62. The Balaban J connectivity index is 1.24. The van der Waals surface area contributed by atoms with Gasteiger partial charge in [-0.1, -0.05) is 36.4 Å². The van der Waals surface area contributed by atoms with E-state index in [9.17, 15) is 4.79 Å². The predicted molar refractivity (Wildman–Crippen MR) is 99.6 cm³/mol. The molecule has 26 heavy (non-hydrogen) atoms. The summed E-state index contributed by atoms with van der Waals surface area (Å²) in [6, 6.07) is 16.4. The Kier molecular flexibility index (Phi) is 5.27. The van der Waals surface area contributed by atoms with Crippen molar-refractivity contribution in [2.24, 2.45) is 0 Å². The van der Waals surface area contributed by atoms with Gasteiger partial charge in [-0.15, -0.1) is 0 Å². The van der Waals surface area contributed by atoms with Crippen LogP contribution in [0.4, 0.5) is 0 Å². The number of benzene rings is 1. The summed E-state index contributed by atoms with van der Waals surface area (Å²) in [7, 11) is 0. The van der Waals surface area contributed by atoms with Crippen molar-refractivity contribution in [2.75, 3.05) is 32.8 Å². The molecule has 0 N–H and O–H groups in total. The number of ether oxygens (including phenoxy) is 1. The molecule has 1 aromatic heterocycles. The number of rotatable bonds is 5. The highest BCUT2D eigenvalue weighted by atomic mass is 16.5. The highest BCUT2D eigenvalue weighted by molar-refractivity contribution is 5.77. The van der Waals surface area contributed by atoms with Crippen molar-refractivity contribution in [1.29, 1.82) is 0 Å². The third-order valence-corrected chi connectivity index (χ3v) is 5.21. The summed E-state index contributed by atoms with van der Waals surface area (Å²) < 4.78 is 5.85. The molecule has 136 valence electrons. The maximum Gasteiger partial charge on any atom is 0.225 e. The number of aromatic nitrogens is 1. The lowest BCUT2D eigenvalue weighted by atomic mass is 9.95. The van der Waals surface area contributed by atoms with E-state index in [2.05, 4.69) is 34.1 Å². The molecule has 0 unspecified atom stereocenters. The molecule has 2 aliphatic rings. The fourth-order valence-corrected chi connectivity index (χ4v) is 3.70. The largest absolute Gasteiger partial charge is 0.375 e. The van der Waals surface area contributed by atoms with E-state index in [1.807, 2.05) is 35.4 Å². The number of morpholine rings is 1. The molecule has 0 radical (unpaired) electrons. The Morgan fingerprint density at radius 1 is 1.08 bits per heavy atom. The highest BCUT2D eigenvalue weighted by Gasteiger charge is 2.34. The maximum absolute atomic E-state index is 12.5. The Morgan fingerprint density at radius 3 is 2.65 bits per heavy atom. The van der Waals surface area contributed by atoms with E-state index in [4.69, 9.17) is 4.74 Å². The minimum absolute atomic E-state index is 0.00568. The Labute approximate surface area is 154 Å². The molecular formula is C21H25N3O2. The molecule has 0 saturated carbocycles. The molecule has 4 rings (SSSR count). The number of hydrogen-bond donors (Lipinski definition) is 0. The second-order valence-electron chi connectivity index (χ2n) is 7.17. The minimum Gasteiger partial charge on any atom is -0.375 e. The van der Waals surface area contributed by atoms with Crippen LogP contribution in [0.1, 0.15) is 23.6 Å². The molecule has 0 aliphatic carbocycles. The van der Waals surface area contributed by atoms with Gasteiger partial charge in [0.15, 0.2) is 0 Å². The lowest BCUT2D eigenvalue weighted by Crippen LogP contribution is -2.51. The summed E-state index contributed by atoms with van der Waals surface area (Å²) in [6.45, 7) is 4.90. The first-order valence-corrected chi connectivity index (χ1v) is 9.34. The monoisotopic (exact) mass is 351 g/mol. The minimum atomic E-state index is -0.00568. The topological polar surface area (TPSA) is 45.7 Å². The van der Waals surface area contributed by atoms with Crippen molar-refractivity contribution in [3.05, 3.63) is 66.0 Å². The smallest absolute Gasteiger partial charge is 0.225 e. The summed E-state index contributed by atoms with van der Waals surface area (Å²) in [5.41, 5.74) is 2.39. The zero-order valence-corrected chi connectivity index (χ0v) is 15.0. The summed E-state index contributed by atoms with van der Waals surface area (Å²) in [5.74, 6) is 0.575. The van der Waals surface area contributed by atoms with Gasteiger partial charge >= 0.3 is 0 Å². The van der Waals surface area contributed by atoms with Crippen molar-refractivity contribution < 1.29 is 9.53 Å². The standard InChI is InChI=1S/C21H25N3O2/c25-21(24-14-18(15-24)20-8-4-5-9-22-20)12-19-16-23(10-11-26-19)13-17-6-2-1-3-7-17/h1-9,18-19H,10-16H2/t19-/m0/s1. The molecule has 3 heterocycles. The van der Waals surface area contributed by atoms with Crippen LogP contribution in [0, 0.1) is 0 Å². The molecule has 2 aromatic rings. The second kappa shape index (κ2) is 7.98. The molecule has 2 aliphatic heterocycles. The highest BCUT2D eigenvalue weighted by Crippen LogP contribution is 2.26. The summed E-state index contributed by atoms with van der Waals surface area (Å²) >= 11 is 0. The van der Waals surface area contributed by atoms with Crippen LogP contribution in [0.25, 0.3) is 0 Å². The van der Waals surface area contributed by atoms with E-state index in [1.165, 1.54) is 5.56 Å². The second-order valence-corrected chi connectivity index (χ2v) is 7.17.